The molecule has 0 radical (unpaired) electrons. The number of aryl methyl sites for hydroxylation is 1. The molecule has 4 amide bonds. The van der Waals surface area contributed by atoms with Gasteiger partial charge < -0.3 is 20.1 Å². The fourth-order valence-corrected chi connectivity index (χ4v) is 10.1. The number of piperidine rings is 2. The molecule has 306 valence electrons. The van der Waals surface area contributed by atoms with Crippen LogP contribution in [0, 0.1) is 22.2 Å². The Morgan fingerprint density at radius 1 is 1.00 bits per heavy atom. The lowest BCUT2D eigenvalue weighted by molar-refractivity contribution is -0.164. The zero-order valence-electron chi connectivity index (χ0n) is 33.7. The number of imide groups is 1. The zero-order chi connectivity index (χ0) is 41.4. The summed E-state index contributed by atoms with van der Waals surface area (Å²) in [4.78, 5) is 59.1. The second-order valence-corrected chi connectivity index (χ2v) is 17.9. The summed E-state index contributed by atoms with van der Waals surface area (Å²) in [6, 6.07) is 15.7. The maximum Gasteiger partial charge on any atom is 0.257 e. The Hall–Kier alpha value is -4.83. The molecule has 58 heavy (non-hydrogen) atoms. The summed E-state index contributed by atoms with van der Waals surface area (Å²) in [7, 11) is 0. The molecule has 2 saturated heterocycles. The number of ether oxygens (including phenoxy) is 1. The van der Waals surface area contributed by atoms with Gasteiger partial charge in [-0.05, 0) is 100.0 Å². The fourth-order valence-electron chi connectivity index (χ4n) is 9.90. The number of pyridine rings is 1. The Morgan fingerprint density at radius 2 is 1.74 bits per heavy atom. The number of hydrogen-bond acceptors (Lipinski definition) is 9. The summed E-state index contributed by atoms with van der Waals surface area (Å²) >= 11 is 6.23. The number of aromatic nitrogens is 1. The predicted octanol–water partition coefficient (Wildman–Crippen LogP) is 6.45. The number of rotatable bonds is 13. The molecular weight excluding hydrogens is 756 g/mol. The monoisotopic (exact) mass is 808 g/mol. The van der Waals surface area contributed by atoms with Crippen LogP contribution in [0.25, 0.3) is 0 Å². The van der Waals surface area contributed by atoms with Crippen molar-refractivity contribution in [2.24, 2.45) is 10.8 Å². The third kappa shape index (κ3) is 8.22. The highest BCUT2D eigenvalue weighted by Gasteiger charge is 2.64. The van der Waals surface area contributed by atoms with Crippen molar-refractivity contribution >= 4 is 35.2 Å². The van der Waals surface area contributed by atoms with Gasteiger partial charge in [0.15, 0.2) is 6.23 Å². The van der Waals surface area contributed by atoms with Gasteiger partial charge in [0, 0.05) is 52.4 Å². The van der Waals surface area contributed by atoms with Gasteiger partial charge in [0.05, 0.1) is 16.1 Å². The topological polar surface area (TPSA) is 165 Å². The standard InChI is InChI=1S/C45H53ClN6O6/c1-44(2)42(45(3,4)43(44)58-32-14-11-29(25-47)35(46)24-32)50-38(54)30-10-13-31(48-26-30)9-7-5-6-8-20-51-21-18-27(19-22-51)28-12-15-33-34(23-28)41(57)52(40(33)56)36-16-17-37(53)49-39(36)55/h10-15,23-24,26-27,36,40,42-43,56H,5-9,16-22H2,1-4H3,(H,50,54)(H,49,53,55)/t36?,40?,42-,43-. The van der Waals surface area contributed by atoms with Crippen LogP contribution in [0.1, 0.15) is 134 Å². The molecule has 1 aliphatic carbocycles. The summed E-state index contributed by atoms with van der Waals surface area (Å²) in [6.45, 7) is 11.4. The first-order chi connectivity index (χ1) is 27.7. The van der Waals surface area contributed by atoms with E-state index >= 15 is 0 Å². The van der Waals surface area contributed by atoms with E-state index in [-0.39, 0.29) is 53.5 Å². The highest BCUT2D eigenvalue weighted by Crippen LogP contribution is 2.55. The van der Waals surface area contributed by atoms with Gasteiger partial charge in [0.25, 0.3) is 11.8 Å². The number of nitrogens with zero attached hydrogens (tertiary/aromatic N) is 4. The van der Waals surface area contributed by atoms with Crippen LogP contribution in [0.4, 0.5) is 0 Å². The van der Waals surface area contributed by atoms with Gasteiger partial charge >= 0.3 is 0 Å². The highest BCUT2D eigenvalue weighted by atomic mass is 35.5. The van der Waals surface area contributed by atoms with E-state index < -0.39 is 18.2 Å². The molecule has 0 spiro atoms. The van der Waals surface area contributed by atoms with Gasteiger partial charge in [-0.15, -0.1) is 0 Å². The molecule has 0 bridgehead atoms. The molecule has 4 aliphatic rings. The van der Waals surface area contributed by atoms with Gasteiger partial charge in [0.1, 0.15) is 24.0 Å². The SMILES string of the molecule is CC1(C)[C@H](NC(=O)c2ccc(CCCCCCN3CCC(c4ccc5c(c4)C(=O)N(C4CCC(=O)NC4=O)C5O)CC3)nc2)C(C)(C)[C@H]1Oc1ccc(C#N)c(Cl)c1. The zero-order valence-corrected chi connectivity index (χ0v) is 34.5. The molecule has 4 heterocycles. The van der Waals surface area contributed by atoms with Gasteiger partial charge in [-0.1, -0.05) is 64.3 Å². The van der Waals surface area contributed by atoms with Crippen molar-refractivity contribution in [3.8, 4) is 11.8 Å². The van der Waals surface area contributed by atoms with Crippen LogP contribution in [0.5, 0.6) is 5.75 Å². The van der Waals surface area contributed by atoms with Crippen molar-refractivity contribution in [2.75, 3.05) is 19.6 Å². The van der Waals surface area contributed by atoms with E-state index in [1.54, 1.807) is 24.4 Å². The van der Waals surface area contributed by atoms with Crippen LogP contribution in [-0.2, 0) is 16.0 Å². The van der Waals surface area contributed by atoms with Gasteiger partial charge in [-0.3, -0.25) is 34.4 Å². The van der Waals surface area contributed by atoms with Gasteiger partial charge in [0.2, 0.25) is 11.8 Å². The fraction of sp³-hybridized carbons (Fsp3) is 0.511. The lowest BCUT2D eigenvalue weighted by Crippen LogP contribution is -2.74. The highest BCUT2D eigenvalue weighted by molar-refractivity contribution is 6.31. The summed E-state index contributed by atoms with van der Waals surface area (Å²) in [5.74, 6) is -0.494. The van der Waals surface area contributed by atoms with E-state index in [0.717, 1.165) is 75.8 Å². The number of carbonyl (C=O) groups excluding carboxylic acids is 4. The van der Waals surface area contributed by atoms with Crippen LogP contribution in [0.2, 0.25) is 5.02 Å². The van der Waals surface area contributed by atoms with E-state index in [0.29, 0.717) is 38.9 Å². The van der Waals surface area contributed by atoms with E-state index in [2.05, 4.69) is 54.3 Å². The Labute approximate surface area is 345 Å². The number of likely N-dealkylation sites (tertiary alicyclic amines) is 1. The normalized spacial score (nSPS) is 24.1. The van der Waals surface area contributed by atoms with Crippen LogP contribution < -0.4 is 15.4 Å². The molecule has 2 atom stereocenters. The molecule has 7 rings (SSSR count). The first-order valence-corrected chi connectivity index (χ1v) is 20.9. The molecule has 13 heteroatoms. The van der Waals surface area contributed by atoms with Gasteiger partial charge in [-0.25, -0.2) is 0 Å². The van der Waals surface area contributed by atoms with Crippen LogP contribution in [0.3, 0.4) is 0 Å². The van der Waals surface area contributed by atoms with Crippen molar-refractivity contribution in [3.05, 3.63) is 93.3 Å². The van der Waals surface area contributed by atoms with E-state index in [1.165, 1.54) is 4.90 Å². The molecule has 1 aromatic heterocycles. The quantitative estimate of drug-likeness (QED) is 0.130. The van der Waals surface area contributed by atoms with E-state index in [1.807, 2.05) is 30.3 Å². The maximum absolute atomic E-state index is 13.3. The number of benzene rings is 2. The molecule has 3 aromatic rings. The van der Waals surface area contributed by atoms with Crippen LogP contribution in [-0.4, -0.2) is 81.3 Å². The lowest BCUT2D eigenvalue weighted by atomic mass is 9.49. The Bertz CT molecular complexity index is 2090. The molecular formula is C45H53ClN6O6. The third-order valence-electron chi connectivity index (χ3n) is 12.9. The summed E-state index contributed by atoms with van der Waals surface area (Å²) in [6.07, 6.45) is 7.88. The number of fused-ring (bicyclic) bond motifs is 1. The molecule has 3 aliphatic heterocycles. The number of amides is 4. The van der Waals surface area contributed by atoms with Crippen molar-refractivity contribution in [1.29, 1.82) is 5.26 Å². The van der Waals surface area contributed by atoms with Crippen molar-refractivity contribution in [2.45, 2.75) is 116 Å². The second kappa shape index (κ2) is 16.8. The minimum Gasteiger partial charge on any atom is -0.489 e. The smallest absolute Gasteiger partial charge is 0.257 e. The number of hydrogen-bond donors (Lipinski definition) is 3. The van der Waals surface area contributed by atoms with E-state index in [4.69, 9.17) is 16.3 Å². The lowest BCUT2D eigenvalue weighted by Gasteiger charge is -2.63. The van der Waals surface area contributed by atoms with Crippen molar-refractivity contribution in [1.82, 2.24) is 25.4 Å². The predicted molar refractivity (Wildman–Crippen MR) is 218 cm³/mol. The average molecular weight is 809 g/mol. The van der Waals surface area contributed by atoms with Crippen LogP contribution >= 0.6 is 11.6 Å². The molecule has 3 N–H and O–H groups in total. The second-order valence-electron chi connectivity index (χ2n) is 17.5. The Balaban J connectivity index is 0.799. The van der Waals surface area contributed by atoms with Crippen molar-refractivity contribution < 1.29 is 29.0 Å². The summed E-state index contributed by atoms with van der Waals surface area (Å²) in [5.41, 5.74) is 3.24. The third-order valence-corrected chi connectivity index (χ3v) is 13.2. The molecule has 2 aromatic carbocycles. The number of nitriles is 1. The molecule has 1 saturated carbocycles. The summed E-state index contributed by atoms with van der Waals surface area (Å²) in [5, 5.41) is 26.0. The minimum absolute atomic E-state index is 0.133. The maximum atomic E-state index is 13.3. The molecule has 3 fully saturated rings. The van der Waals surface area contributed by atoms with Gasteiger partial charge in [-0.2, -0.15) is 5.26 Å². The first kappa shape index (κ1) is 41.3. The minimum atomic E-state index is -1.20. The van der Waals surface area contributed by atoms with Crippen LogP contribution in [0.15, 0.2) is 54.7 Å². The average Bonchev–Trinajstić information content (AvgIpc) is 3.45. The first-order valence-electron chi connectivity index (χ1n) is 20.5. The number of carbonyl (C=O) groups is 4. The van der Waals surface area contributed by atoms with E-state index in [9.17, 15) is 29.5 Å². The Kier molecular flexibility index (Phi) is 12.0. The Morgan fingerprint density at radius 3 is 2.41 bits per heavy atom. The number of halogens is 1. The molecule has 12 nitrogen and oxygen atoms in total. The number of nitrogens with one attached hydrogen (secondary N) is 2. The number of aliphatic hydroxyl groups is 1. The van der Waals surface area contributed by atoms with Crippen molar-refractivity contribution in [3.63, 3.8) is 0 Å². The largest absolute Gasteiger partial charge is 0.489 e. The number of unbranched alkanes of at least 4 members (excludes halogenated alkanes) is 3. The summed E-state index contributed by atoms with van der Waals surface area (Å²) < 4.78 is 6.35. The number of aliphatic hydroxyl groups excluding tert-OH is 1. The molecule has 2 unspecified atom stereocenters.